The molecule has 0 saturated carbocycles. The van der Waals surface area contributed by atoms with Gasteiger partial charge in [-0.3, -0.25) is 0 Å². The number of halogens is 1. The highest BCUT2D eigenvalue weighted by Crippen LogP contribution is 1.84. The summed E-state index contributed by atoms with van der Waals surface area (Å²) in [5.41, 5.74) is 0. The average Bonchev–Trinajstić information content (AvgIpc) is 2.71. The minimum absolute atomic E-state index is 0.0557. The zero-order valence-electron chi connectivity index (χ0n) is 17.4. The number of hydrogen-bond donors (Lipinski definition) is 1. The Morgan fingerprint density at radius 2 is 0.750 bits per heavy atom. The Hall–Kier alpha value is 0.120. The van der Waals surface area contributed by atoms with E-state index in [0.29, 0.717) is 85.9 Å². The van der Waals surface area contributed by atoms with Crippen molar-refractivity contribution >= 4 is 15.9 Å². The van der Waals surface area contributed by atoms with Crippen LogP contribution in [0.1, 0.15) is 0 Å². The lowest BCUT2D eigenvalue weighted by molar-refractivity contribution is -0.000973. The number of rotatable bonds is 22. The molecule has 0 aromatic rings. The summed E-state index contributed by atoms with van der Waals surface area (Å²) in [5.74, 6) is 0. The number of hydrogen-bond acceptors (Lipinski definition) is 9. The summed E-state index contributed by atoms with van der Waals surface area (Å²) in [5, 5.41) is 9.26. The fourth-order valence-corrected chi connectivity index (χ4v) is 1.72. The SMILES string of the molecule is COCCOCCOCCOCCBr.COCCOCCOCCOCCO. The second-order valence-corrected chi connectivity index (χ2v) is 5.87. The molecule has 28 heavy (non-hydrogen) atoms. The fourth-order valence-electron chi connectivity index (χ4n) is 1.49. The van der Waals surface area contributed by atoms with Crippen molar-refractivity contribution in [3.63, 3.8) is 0 Å². The molecule has 0 aromatic carbocycles. The Morgan fingerprint density at radius 1 is 0.464 bits per heavy atom. The van der Waals surface area contributed by atoms with E-state index in [4.69, 9.17) is 43.0 Å². The first kappa shape index (κ1) is 30.3. The van der Waals surface area contributed by atoms with Crippen LogP contribution >= 0.6 is 15.9 Å². The molecular formula is C18H39BrO9. The molecule has 0 radical (unpaired) electrons. The smallest absolute Gasteiger partial charge is 0.0701 e. The molecule has 0 spiro atoms. The molecule has 0 heterocycles. The summed E-state index contributed by atoms with van der Waals surface area (Å²) >= 11 is 3.27. The molecule has 0 saturated heterocycles. The van der Waals surface area contributed by atoms with E-state index >= 15 is 0 Å². The molecule has 0 aliphatic carbocycles. The molecule has 0 atom stereocenters. The normalized spacial score (nSPS) is 10.7. The number of aliphatic hydroxyl groups is 1. The zero-order valence-corrected chi connectivity index (χ0v) is 19.0. The van der Waals surface area contributed by atoms with Gasteiger partial charge in [0, 0.05) is 19.5 Å². The molecule has 0 unspecified atom stereocenters. The van der Waals surface area contributed by atoms with Crippen LogP contribution in [-0.4, -0.2) is 124 Å². The molecule has 0 rings (SSSR count). The molecular weight excluding hydrogens is 440 g/mol. The third kappa shape index (κ3) is 33.7. The van der Waals surface area contributed by atoms with Gasteiger partial charge in [0.25, 0.3) is 0 Å². The number of ether oxygens (including phenoxy) is 8. The Kier molecular flexibility index (Phi) is 34.4. The minimum Gasteiger partial charge on any atom is -0.394 e. The minimum atomic E-state index is 0.0557. The summed E-state index contributed by atoms with van der Waals surface area (Å²) in [4.78, 5) is 0. The Labute approximate surface area is 178 Å². The van der Waals surface area contributed by atoms with Crippen molar-refractivity contribution in [2.45, 2.75) is 0 Å². The van der Waals surface area contributed by atoms with Gasteiger partial charge in [-0.25, -0.2) is 0 Å². The summed E-state index contributed by atoms with van der Waals surface area (Å²) in [7, 11) is 3.29. The van der Waals surface area contributed by atoms with Crippen LogP contribution in [0, 0.1) is 0 Å². The first-order chi connectivity index (χ1) is 13.8. The lowest BCUT2D eigenvalue weighted by atomic mass is 10.7. The third-order valence-corrected chi connectivity index (χ3v) is 3.13. The lowest BCUT2D eigenvalue weighted by Gasteiger charge is -2.05. The molecule has 0 aliphatic heterocycles. The van der Waals surface area contributed by atoms with Crippen LogP contribution in [0.5, 0.6) is 0 Å². The largest absolute Gasteiger partial charge is 0.394 e. The van der Waals surface area contributed by atoms with Gasteiger partial charge in [0.05, 0.1) is 99.1 Å². The van der Waals surface area contributed by atoms with Crippen molar-refractivity contribution < 1.29 is 43.0 Å². The van der Waals surface area contributed by atoms with Gasteiger partial charge in [-0.2, -0.15) is 0 Å². The number of methoxy groups -OCH3 is 2. The lowest BCUT2D eigenvalue weighted by Crippen LogP contribution is -2.12. The van der Waals surface area contributed by atoms with Gasteiger partial charge in [-0.1, -0.05) is 15.9 Å². The Morgan fingerprint density at radius 3 is 1.04 bits per heavy atom. The first-order valence-corrected chi connectivity index (χ1v) is 10.6. The molecule has 10 heteroatoms. The van der Waals surface area contributed by atoms with Crippen LogP contribution in [0.25, 0.3) is 0 Å². The van der Waals surface area contributed by atoms with Gasteiger partial charge in [-0.15, -0.1) is 0 Å². The monoisotopic (exact) mass is 478 g/mol. The second kappa shape index (κ2) is 31.8. The van der Waals surface area contributed by atoms with Crippen molar-refractivity contribution in [2.75, 3.05) is 119 Å². The molecule has 0 bridgehead atoms. The van der Waals surface area contributed by atoms with Gasteiger partial charge in [0.1, 0.15) is 0 Å². The van der Waals surface area contributed by atoms with Crippen molar-refractivity contribution in [1.82, 2.24) is 0 Å². The van der Waals surface area contributed by atoms with Crippen LogP contribution in [0.2, 0.25) is 0 Å². The van der Waals surface area contributed by atoms with Crippen molar-refractivity contribution in [2.24, 2.45) is 0 Å². The molecule has 0 amide bonds. The average molecular weight is 479 g/mol. The first-order valence-electron chi connectivity index (χ1n) is 9.44. The quantitative estimate of drug-likeness (QED) is 0.178. The van der Waals surface area contributed by atoms with E-state index in [1.54, 1.807) is 14.2 Å². The predicted octanol–water partition coefficient (Wildman–Crippen LogP) is 0.752. The van der Waals surface area contributed by atoms with E-state index in [0.717, 1.165) is 11.9 Å². The highest BCUT2D eigenvalue weighted by molar-refractivity contribution is 9.09. The summed E-state index contributed by atoms with van der Waals surface area (Å²) in [6.45, 7) is 8.30. The van der Waals surface area contributed by atoms with Crippen LogP contribution in [0.15, 0.2) is 0 Å². The van der Waals surface area contributed by atoms with Crippen molar-refractivity contribution in [1.29, 1.82) is 0 Å². The maximum absolute atomic E-state index is 8.39. The summed E-state index contributed by atoms with van der Waals surface area (Å²) < 4.78 is 40.6. The predicted molar refractivity (Wildman–Crippen MR) is 110 cm³/mol. The van der Waals surface area contributed by atoms with Crippen molar-refractivity contribution in [3.05, 3.63) is 0 Å². The summed E-state index contributed by atoms with van der Waals surface area (Å²) in [6.07, 6.45) is 0. The summed E-state index contributed by atoms with van der Waals surface area (Å²) in [6, 6.07) is 0. The topological polar surface area (TPSA) is 94.1 Å². The van der Waals surface area contributed by atoms with E-state index in [9.17, 15) is 0 Å². The van der Waals surface area contributed by atoms with Gasteiger partial charge < -0.3 is 43.0 Å². The molecule has 172 valence electrons. The van der Waals surface area contributed by atoms with Crippen LogP contribution in [0.4, 0.5) is 0 Å². The molecule has 0 fully saturated rings. The van der Waals surface area contributed by atoms with Gasteiger partial charge in [-0.05, 0) is 0 Å². The maximum Gasteiger partial charge on any atom is 0.0701 e. The van der Waals surface area contributed by atoms with Gasteiger partial charge in [0.2, 0.25) is 0 Å². The van der Waals surface area contributed by atoms with E-state index in [1.807, 2.05) is 0 Å². The third-order valence-electron chi connectivity index (χ3n) is 2.81. The standard InChI is InChI=1S/C9H19BrO4.C9H20O5/c2*1-11-4-5-13-8-9-14-7-6-12-3-2-10/h2-9H2,1H3;10H,2-9H2,1H3. The fraction of sp³-hybridized carbons (Fsp3) is 1.00. The van der Waals surface area contributed by atoms with E-state index < -0.39 is 0 Å². The van der Waals surface area contributed by atoms with Crippen LogP contribution < -0.4 is 0 Å². The molecule has 1 N–H and O–H groups in total. The Bertz CT molecular complexity index is 203. The number of aliphatic hydroxyl groups excluding tert-OH is 1. The maximum atomic E-state index is 8.39. The van der Waals surface area contributed by atoms with Crippen molar-refractivity contribution in [3.8, 4) is 0 Å². The number of alkyl halides is 1. The second-order valence-electron chi connectivity index (χ2n) is 5.07. The van der Waals surface area contributed by atoms with Gasteiger partial charge >= 0.3 is 0 Å². The van der Waals surface area contributed by atoms with E-state index in [-0.39, 0.29) is 6.61 Å². The zero-order chi connectivity index (χ0) is 21.0. The molecule has 9 nitrogen and oxygen atoms in total. The Balaban J connectivity index is 0. The molecule has 0 aromatic heterocycles. The van der Waals surface area contributed by atoms with Crippen LogP contribution in [-0.2, 0) is 37.9 Å². The highest BCUT2D eigenvalue weighted by atomic mass is 79.9. The molecule has 0 aliphatic rings. The van der Waals surface area contributed by atoms with E-state index in [1.165, 1.54) is 0 Å². The van der Waals surface area contributed by atoms with E-state index in [2.05, 4.69) is 15.9 Å². The van der Waals surface area contributed by atoms with Crippen LogP contribution in [0.3, 0.4) is 0 Å². The highest BCUT2D eigenvalue weighted by Gasteiger charge is 1.91. The van der Waals surface area contributed by atoms with Gasteiger partial charge in [0.15, 0.2) is 0 Å².